The van der Waals surface area contributed by atoms with Gasteiger partial charge in [-0.25, -0.2) is 0 Å². The van der Waals surface area contributed by atoms with Crippen LogP contribution in [0.1, 0.15) is 30.1 Å². The van der Waals surface area contributed by atoms with E-state index in [0.717, 1.165) is 42.4 Å². The lowest BCUT2D eigenvalue weighted by Crippen LogP contribution is -2.40. The summed E-state index contributed by atoms with van der Waals surface area (Å²) in [5.41, 5.74) is 1.79. The molecule has 1 aromatic carbocycles. The number of likely N-dealkylation sites (tertiary alicyclic amines) is 1. The number of benzene rings is 1. The first-order valence-corrected chi connectivity index (χ1v) is 7.19. The van der Waals surface area contributed by atoms with Gasteiger partial charge >= 0.3 is 0 Å². The molecule has 0 saturated carbocycles. The van der Waals surface area contributed by atoms with Crippen molar-refractivity contribution in [3.8, 4) is 0 Å². The molecule has 1 amide bonds. The molecule has 0 aliphatic carbocycles. The zero-order valence-corrected chi connectivity index (χ0v) is 11.7. The quantitative estimate of drug-likeness (QED) is 0.882. The third-order valence-corrected chi connectivity index (χ3v) is 4.31. The lowest BCUT2D eigenvalue weighted by molar-refractivity contribution is 0.0521. The van der Waals surface area contributed by atoms with Crippen LogP contribution in [-0.2, 0) is 0 Å². The van der Waals surface area contributed by atoms with Crippen molar-refractivity contribution in [2.45, 2.75) is 25.9 Å². The van der Waals surface area contributed by atoms with E-state index in [1.54, 1.807) is 0 Å². The molecule has 2 aromatic rings. The zero-order chi connectivity index (χ0) is 14.1. The van der Waals surface area contributed by atoms with Crippen molar-refractivity contribution in [1.29, 1.82) is 0 Å². The van der Waals surface area contributed by atoms with Gasteiger partial charge in [0.05, 0.1) is 6.10 Å². The molecule has 1 unspecified atom stereocenters. The fraction of sp³-hybridized carbons (Fsp3) is 0.438. The van der Waals surface area contributed by atoms with Gasteiger partial charge in [0.15, 0.2) is 0 Å². The van der Waals surface area contributed by atoms with Crippen LogP contribution in [-0.4, -0.2) is 40.1 Å². The number of nitrogens with zero attached hydrogens (tertiary/aromatic N) is 1. The molecular formula is C16H20N2O2. The second kappa shape index (κ2) is 5.29. The number of aliphatic hydroxyl groups excluding tert-OH is 1. The smallest absolute Gasteiger partial charge is 0.253 e. The number of hydrogen-bond donors (Lipinski definition) is 2. The fourth-order valence-electron chi connectivity index (χ4n) is 2.95. The normalized spacial score (nSPS) is 18.4. The van der Waals surface area contributed by atoms with Gasteiger partial charge in [-0.2, -0.15) is 0 Å². The van der Waals surface area contributed by atoms with Crippen molar-refractivity contribution in [3.05, 3.63) is 36.0 Å². The van der Waals surface area contributed by atoms with Gasteiger partial charge in [-0.1, -0.05) is 0 Å². The highest BCUT2D eigenvalue weighted by Gasteiger charge is 2.26. The van der Waals surface area contributed by atoms with Gasteiger partial charge in [0.2, 0.25) is 0 Å². The number of carbonyl (C=O) groups excluding carboxylic acids is 1. The van der Waals surface area contributed by atoms with Crippen molar-refractivity contribution in [3.63, 3.8) is 0 Å². The fourth-order valence-corrected chi connectivity index (χ4v) is 2.95. The Morgan fingerprint density at radius 1 is 1.35 bits per heavy atom. The van der Waals surface area contributed by atoms with Gasteiger partial charge in [-0.15, -0.1) is 0 Å². The average Bonchev–Trinajstić information content (AvgIpc) is 2.94. The summed E-state index contributed by atoms with van der Waals surface area (Å²) in [4.78, 5) is 17.5. The van der Waals surface area contributed by atoms with Gasteiger partial charge in [-0.3, -0.25) is 4.79 Å². The molecule has 20 heavy (non-hydrogen) atoms. The highest BCUT2D eigenvalue weighted by atomic mass is 16.3. The minimum absolute atomic E-state index is 0.0946. The number of aromatic nitrogens is 1. The first kappa shape index (κ1) is 13.2. The molecule has 1 aliphatic rings. The van der Waals surface area contributed by atoms with E-state index in [0.29, 0.717) is 5.92 Å². The predicted molar refractivity (Wildman–Crippen MR) is 78.6 cm³/mol. The molecule has 0 radical (unpaired) electrons. The van der Waals surface area contributed by atoms with E-state index in [-0.39, 0.29) is 12.0 Å². The van der Waals surface area contributed by atoms with Gasteiger partial charge < -0.3 is 15.0 Å². The Kier molecular flexibility index (Phi) is 3.49. The van der Waals surface area contributed by atoms with Crippen LogP contribution in [0.4, 0.5) is 0 Å². The van der Waals surface area contributed by atoms with Crippen molar-refractivity contribution in [1.82, 2.24) is 9.88 Å². The topological polar surface area (TPSA) is 56.3 Å². The van der Waals surface area contributed by atoms with E-state index in [2.05, 4.69) is 4.98 Å². The summed E-state index contributed by atoms with van der Waals surface area (Å²) < 4.78 is 0. The van der Waals surface area contributed by atoms with Crippen molar-refractivity contribution in [2.24, 2.45) is 5.92 Å². The molecule has 1 saturated heterocycles. The van der Waals surface area contributed by atoms with Gasteiger partial charge in [0.1, 0.15) is 0 Å². The number of aromatic amines is 1. The van der Waals surface area contributed by atoms with Gasteiger partial charge in [-0.05, 0) is 49.9 Å². The monoisotopic (exact) mass is 272 g/mol. The second-order valence-corrected chi connectivity index (χ2v) is 5.65. The van der Waals surface area contributed by atoms with Crippen LogP contribution in [0.15, 0.2) is 30.5 Å². The number of rotatable bonds is 2. The van der Waals surface area contributed by atoms with Crippen LogP contribution in [0.5, 0.6) is 0 Å². The van der Waals surface area contributed by atoms with Gasteiger partial charge in [0.25, 0.3) is 5.91 Å². The molecule has 1 aromatic heterocycles. The number of piperidine rings is 1. The zero-order valence-electron chi connectivity index (χ0n) is 11.7. The predicted octanol–water partition coefficient (Wildman–Crippen LogP) is 2.40. The van der Waals surface area contributed by atoms with Crippen LogP contribution in [0.3, 0.4) is 0 Å². The van der Waals surface area contributed by atoms with Gasteiger partial charge in [0, 0.05) is 35.8 Å². The van der Waals surface area contributed by atoms with E-state index in [1.807, 2.05) is 42.3 Å². The maximum atomic E-state index is 12.5. The molecule has 2 N–H and O–H groups in total. The minimum atomic E-state index is -0.275. The Balaban J connectivity index is 1.73. The Bertz CT molecular complexity index is 610. The lowest BCUT2D eigenvalue weighted by Gasteiger charge is -2.33. The first-order valence-electron chi connectivity index (χ1n) is 7.19. The number of H-pyrrole nitrogens is 1. The molecule has 4 heteroatoms. The number of hydrogen-bond acceptors (Lipinski definition) is 2. The molecule has 106 valence electrons. The Labute approximate surface area is 118 Å². The Morgan fingerprint density at radius 2 is 2.10 bits per heavy atom. The summed E-state index contributed by atoms with van der Waals surface area (Å²) in [5.74, 6) is 0.420. The highest BCUT2D eigenvalue weighted by molar-refractivity contribution is 5.98. The summed E-state index contributed by atoms with van der Waals surface area (Å²) in [5, 5.41) is 10.7. The minimum Gasteiger partial charge on any atom is -0.393 e. The standard InChI is InChI=1S/C16H20N2O2/c1-11(19)12-5-8-18(9-6-12)16(20)14-2-3-15-13(10-14)4-7-17-15/h2-4,7,10-12,17,19H,5-6,8-9H2,1H3. The summed E-state index contributed by atoms with van der Waals surface area (Å²) in [7, 11) is 0. The number of amides is 1. The van der Waals surface area contributed by atoms with E-state index in [1.165, 1.54) is 0 Å². The number of carbonyl (C=O) groups is 1. The number of aliphatic hydroxyl groups is 1. The van der Waals surface area contributed by atoms with E-state index < -0.39 is 0 Å². The summed E-state index contributed by atoms with van der Waals surface area (Å²) >= 11 is 0. The lowest BCUT2D eigenvalue weighted by atomic mass is 9.92. The molecule has 1 atom stereocenters. The molecule has 2 heterocycles. The number of fused-ring (bicyclic) bond motifs is 1. The first-order chi connectivity index (χ1) is 9.65. The second-order valence-electron chi connectivity index (χ2n) is 5.65. The van der Waals surface area contributed by atoms with E-state index >= 15 is 0 Å². The van der Waals surface area contributed by atoms with Crippen LogP contribution < -0.4 is 0 Å². The molecular weight excluding hydrogens is 252 g/mol. The van der Waals surface area contributed by atoms with Crippen molar-refractivity contribution in [2.75, 3.05) is 13.1 Å². The molecule has 4 nitrogen and oxygen atoms in total. The largest absolute Gasteiger partial charge is 0.393 e. The summed E-state index contributed by atoms with van der Waals surface area (Å²) in [6.45, 7) is 3.31. The third kappa shape index (κ3) is 2.43. The Morgan fingerprint density at radius 3 is 2.80 bits per heavy atom. The maximum Gasteiger partial charge on any atom is 0.253 e. The van der Waals surface area contributed by atoms with Crippen LogP contribution >= 0.6 is 0 Å². The van der Waals surface area contributed by atoms with Crippen molar-refractivity contribution < 1.29 is 9.90 Å². The molecule has 3 rings (SSSR count). The average molecular weight is 272 g/mol. The third-order valence-electron chi connectivity index (χ3n) is 4.31. The maximum absolute atomic E-state index is 12.5. The number of nitrogens with one attached hydrogen (secondary N) is 1. The van der Waals surface area contributed by atoms with Crippen LogP contribution in [0, 0.1) is 5.92 Å². The SMILES string of the molecule is CC(O)C1CCN(C(=O)c2ccc3[nH]ccc3c2)CC1. The molecule has 1 fully saturated rings. The van der Waals surface area contributed by atoms with E-state index in [4.69, 9.17) is 0 Å². The molecule has 0 spiro atoms. The van der Waals surface area contributed by atoms with Crippen molar-refractivity contribution >= 4 is 16.8 Å². The van der Waals surface area contributed by atoms with E-state index in [9.17, 15) is 9.90 Å². The summed E-state index contributed by atoms with van der Waals surface area (Å²) in [6.07, 6.45) is 3.38. The summed E-state index contributed by atoms with van der Waals surface area (Å²) in [6, 6.07) is 7.74. The van der Waals surface area contributed by atoms with Crippen LogP contribution in [0.2, 0.25) is 0 Å². The highest BCUT2D eigenvalue weighted by Crippen LogP contribution is 2.23. The van der Waals surface area contributed by atoms with Crippen LogP contribution in [0.25, 0.3) is 10.9 Å². The molecule has 0 bridgehead atoms. The molecule has 1 aliphatic heterocycles. The Hall–Kier alpha value is -1.81.